The van der Waals surface area contributed by atoms with Crippen LogP contribution in [0.15, 0.2) is 60.7 Å². The fraction of sp³-hybridized carbons (Fsp3) is 0.458. The zero-order valence-electron chi connectivity index (χ0n) is 18.5. The SMILES string of the molecule is CC(C)(C)OC(=O)N1CCC(CCP(=O)(Oc2ccccc2)Oc2ccccc2)CC1. The highest BCUT2D eigenvalue weighted by Crippen LogP contribution is 2.50. The van der Waals surface area contributed by atoms with Gasteiger partial charge in [-0.1, -0.05) is 36.4 Å². The molecule has 6 nitrogen and oxygen atoms in total. The first kappa shape index (κ1) is 23.2. The molecule has 0 bridgehead atoms. The minimum Gasteiger partial charge on any atom is -0.444 e. The summed E-state index contributed by atoms with van der Waals surface area (Å²) in [6, 6.07) is 18.2. The summed E-state index contributed by atoms with van der Waals surface area (Å²) in [5, 5.41) is 0. The summed E-state index contributed by atoms with van der Waals surface area (Å²) < 4.78 is 30.8. The summed E-state index contributed by atoms with van der Waals surface area (Å²) in [5.74, 6) is 1.41. The van der Waals surface area contributed by atoms with Gasteiger partial charge in [-0.3, -0.25) is 0 Å². The first-order chi connectivity index (χ1) is 14.7. The number of rotatable bonds is 7. The number of carbonyl (C=O) groups is 1. The Hall–Kier alpha value is -2.46. The molecular formula is C24H32NO5P. The number of hydrogen-bond acceptors (Lipinski definition) is 5. The van der Waals surface area contributed by atoms with Crippen molar-refractivity contribution in [3.05, 3.63) is 60.7 Å². The van der Waals surface area contributed by atoms with Crippen LogP contribution in [-0.2, 0) is 9.30 Å². The molecule has 1 aliphatic rings. The third-order valence-electron chi connectivity index (χ3n) is 5.05. The van der Waals surface area contributed by atoms with Gasteiger partial charge in [-0.05, 0) is 70.2 Å². The molecule has 1 heterocycles. The number of amides is 1. The van der Waals surface area contributed by atoms with Gasteiger partial charge >= 0.3 is 13.7 Å². The van der Waals surface area contributed by atoms with Crippen LogP contribution in [0.2, 0.25) is 0 Å². The van der Waals surface area contributed by atoms with Crippen LogP contribution in [0, 0.1) is 5.92 Å². The van der Waals surface area contributed by atoms with E-state index in [1.165, 1.54) is 0 Å². The lowest BCUT2D eigenvalue weighted by molar-refractivity contribution is 0.0182. The molecule has 0 unspecified atom stereocenters. The van der Waals surface area contributed by atoms with Crippen LogP contribution in [0.1, 0.15) is 40.0 Å². The maximum absolute atomic E-state index is 13.6. The summed E-state index contributed by atoms with van der Waals surface area (Å²) in [7, 11) is -3.40. The van der Waals surface area contributed by atoms with Gasteiger partial charge in [-0.15, -0.1) is 0 Å². The molecule has 168 valence electrons. The lowest BCUT2D eigenvalue weighted by Gasteiger charge is -2.33. The molecule has 0 N–H and O–H groups in total. The van der Waals surface area contributed by atoms with Crippen LogP contribution < -0.4 is 9.05 Å². The molecule has 3 rings (SSSR count). The molecule has 7 heteroatoms. The number of benzene rings is 2. The number of likely N-dealkylation sites (tertiary alicyclic amines) is 1. The van der Waals surface area contributed by atoms with Crippen LogP contribution in [0.4, 0.5) is 4.79 Å². The summed E-state index contributed by atoms with van der Waals surface area (Å²) >= 11 is 0. The van der Waals surface area contributed by atoms with Crippen molar-refractivity contribution in [3.63, 3.8) is 0 Å². The Morgan fingerprint density at radius 1 is 0.935 bits per heavy atom. The van der Waals surface area contributed by atoms with E-state index in [0.717, 1.165) is 12.8 Å². The molecule has 1 amide bonds. The molecule has 0 atom stereocenters. The molecule has 0 aliphatic carbocycles. The topological polar surface area (TPSA) is 65.1 Å². The third-order valence-corrected chi connectivity index (χ3v) is 6.84. The Morgan fingerprint density at radius 3 is 1.87 bits per heavy atom. The Kier molecular flexibility index (Phi) is 7.66. The first-order valence-corrected chi connectivity index (χ1v) is 12.5. The largest absolute Gasteiger partial charge is 0.444 e. The lowest BCUT2D eigenvalue weighted by Crippen LogP contribution is -2.41. The molecule has 2 aromatic rings. The first-order valence-electron chi connectivity index (χ1n) is 10.8. The van der Waals surface area contributed by atoms with E-state index in [4.69, 9.17) is 13.8 Å². The fourth-order valence-corrected chi connectivity index (χ4v) is 5.25. The standard InChI is InChI=1S/C24H32NO5P/c1-24(2,3)28-23(26)25-17-14-20(15-18-25)16-19-31(27,29-21-10-6-4-7-11-21)30-22-12-8-5-9-13-22/h4-13,20H,14-19H2,1-3H3. The van der Waals surface area contributed by atoms with E-state index in [1.54, 1.807) is 29.2 Å². The zero-order chi connectivity index (χ0) is 22.3. The van der Waals surface area contributed by atoms with E-state index in [1.807, 2.05) is 57.2 Å². The predicted molar refractivity (Wildman–Crippen MR) is 122 cm³/mol. The van der Waals surface area contributed by atoms with Gasteiger partial charge in [0, 0.05) is 13.1 Å². The second-order valence-electron chi connectivity index (χ2n) is 8.84. The normalized spacial score (nSPS) is 15.4. The van der Waals surface area contributed by atoms with Crippen molar-refractivity contribution < 1.29 is 23.1 Å². The van der Waals surface area contributed by atoms with Crippen LogP contribution in [0.3, 0.4) is 0 Å². The Bertz CT molecular complexity index is 828. The second-order valence-corrected chi connectivity index (χ2v) is 10.9. The number of carbonyl (C=O) groups excluding carboxylic acids is 1. The van der Waals surface area contributed by atoms with Crippen LogP contribution >= 0.6 is 7.60 Å². The number of ether oxygens (including phenoxy) is 1. The maximum Gasteiger partial charge on any atom is 0.430 e. The number of piperidine rings is 1. The van der Waals surface area contributed by atoms with Crippen molar-refractivity contribution >= 4 is 13.7 Å². The van der Waals surface area contributed by atoms with E-state index >= 15 is 0 Å². The molecule has 0 saturated carbocycles. The average molecular weight is 445 g/mol. The van der Waals surface area contributed by atoms with Gasteiger partial charge in [0.1, 0.15) is 17.1 Å². The minimum atomic E-state index is -3.40. The highest BCUT2D eigenvalue weighted by molar-refractivity contribution is 7.54. The summed E-state index contributed by atoms with van der Waals surface area (Å²) in [4.78, 5) is 14.0. The van der Waals surface area contributed by atoms with Gasteiger partial charge in [-0.25, -0.2) is 9.36 Å². The molecule has 31 heavy (non-hydrogen) atoms. The Morgan fingerprint density at radius 2 is 1.42 bits per heavy atom. The minimum absolute atomic E-state index is 0.267. The quantitative estimate of drug-likeness (QED) is 0.463. The molecule has 0 spiro atoms. The van der Waals surface area contributed by atoms with Crippen LogP contribution in [0.5, 0.6) is 11.5 Å². The van der Waals surface area contributed by atoms with E-state index in [0.29, 0.717) is 43.1 Å². The maximum atomic E-state index is 13.6. The lowest BCUT2D eigenvalue weighted by atomic mass is 9.95. The molecule has 1 aliphatic heterocycles. The molecular weight excluding hydrogens is 413 g/mol. The summed E-state index contributed by atoms with van der Waals surface area (Å²) in [6.07, 6.45) is 2.44. The number of hydrogen-bond donors (Lipinski definition) is 0. The van der Waals surface area contributed by atoms with Gasteiger partial charge in [0.25, 0.3) is 0 Å². The Balaban J connectivity index is 1.58. The van der Waals surface area contributed by atoms with Crippen molar-refractivity contribution in [1.29, 1.82) is 0 Å². The fourth-order valence-electron chi connectivity index (χ4n) is 3.47. The highest BCUT2D eigenvalue weighted by Gasteiger charge is 2.32. The molecule has 1 fully saturated rings. The van der Waals surface area contributed by atoms with E-state index in [-0.39, 0.29) is 6.09 Å². The summed E-state index contributed by atoms with van der Waals surface area (Å²) in [6.45, 7) is 6.89. The zero-order valence-corrected chi connectivity index (χ0v) is 19.4. The second kappa shape index (κ2) is 10.2. The molecule has 0 radical (unpaired) electrons. The van der Waals surface area contributed by atoms with Crippen molar-refractivity contribution in [2.45, 2.75) is 45.6 Å². The van der Waals surface area contributed by atoms with E-state index in [2.05, 4.69) is 0 Å². The van der Waals surface area contributed by atoms with Crippen molar-refractivity contribution in [3.8, 4) is 11.5 Å². The van der Waals surface area contributed by atoms with Crippen LogP contribution in [0.25, 0.3) is 0 Å². The molecule has 1 saturated heterocycles. The summed E-state index contributed by atoms with van der Waals surface area (Å²) in [5.41, 5.74) is -0.496. The Labute approximate surface area is 185 Å². The van der Waals surface area contributed by atoms with Crippen LogP contribution in [-0.4, -0.2) is 35.8 Å². The van der Waals surface area contributed by atoms with Gasteiger partial charge in [0.15, 0.2) is 0 Å². The van der Waals surface area contributed by atoms with Gasteiger partial charge in [0.05, 0.1) is 6.16 Å². The smallest absolute Gasteiger partial charge is 0.430 e. The van der Waals surface area contributed by atoms with Crippen molar-refractivity contribution in [2.24, 2.45) is 5.92 Å². The molecule has 2 aromatic carbocycles. The average Bonchev–Trinajstić information content (AvgIpc) is 2.73. The van der Waals surface area contributed by atoms with E-state index in [9.17, 15) is 9.36 Å². The molecule has 0 aromatic heterocycles. The van der Waals surface area contributed by atoms with Gasteiger partial charge < -0.3 is 18.7 Å². The third kappa shape index (κ3) is 7.62. The van der Waals surface area contributed by atoms with Gasteiger partial charge in [-0.2, -0.15) is 0 Å². The van der Waals surface area contributed by atoms with Crippen molar-refractivity contribution in [2.75, 3.05) is 19.3 Å². The monoisotopic (exact) mass is 445 g/mol. The van der Waals surface area contributed by atoms with E-state index < -0.39 is 13.2 Å². The predicted octanol–water partition coefficient (Wildman–Crippen LogP) is 6.37. The number of nitrogens with zero attached hydrogens (tertiary/aromatic N) is 1. The van der Waals surface area contributed by atoms with Crippen molar-refractivity contribution in [1.82, 2.24) is 4.90 Å². The number of para-hydroxylation sites is 2. The van der Waals surface area contributed by atoms with Gasteiger partial charge in [0.2, 0.25) is 0 Å². The highest BCUT2D eigenvalue weighted by atomic mass is 31.2.